The van der Waals surface area contributed by atoms with Crippen LogP contribution in [0, 0.1) is 0 Å². The van der Waals surface area contributed by atoms with Crippen LogP contribution >= 0.6 is 0 Å². The predicted molar refractivity (Wildman–Crippen MR) is 83.9 cm³/mol. The van der Waals surface area contributed by atoms with E-state index in [0.717, 1.165) is 6.42 Å². The number of hydrogen-bond acceptors (Lipinski definition) is 4. The summed E-state index contributed by atoms with van der Waals surface area (Å²) in [5.74, 6) is -0.0346. The van der Waals surface area contributed by atoms with E-state index in [-0.39, 0.29) is 5.75 Å². The quantitative estimate of drug-likeness (QED) is 0.736. The number of benzene rings is 1. The molecule has 5 nitrogen and oxygen atoms in total. The molecule has 0 saturated heterocycles. The lowest BCUT2D eigenvalue weighted by molar-refractivity contribution is 0.332. The van der Waals surface area contributed by atoms with Crippen LogP contribution in [0.15, 0.2) is 24.3 Å². The average Bonchev–Trinajstić information content (AvgIpc) is 2.36. The van der Waals surface area contributed by atoms with E-state index in [9.17, 15) is 8.42 Å². The Hall–Kier alpha value is -1.11. The summed E-state index contributed by atoms with van der Waals surface area (Å²) in [4.78, 5) is 1.98. The Kier molecular flexibility index (Phi) is 6.45. The number of hydrogen-bond donors (Lipinski definition) is 1. The molecule has 1 aromatic carbocycles. The molecule has 0 bridgehead atoms. The van der Waals surface area contributed by atoms with Gasteiger partial charge in [-0.1, -0.05) is 25.1 Å². The number of para-hydroxylation sites is 1. The molecule has 0 saturated carbocycles. The summed E-state index contributed by atoms with van der Waals surface area (Å²) < 4.78 is 26.6. The molecule has 0 aliphatic heterocycles. The molecule has 20 heavy (non-hydrogen) atoms. The van der Waals surface area contributed by atoms with Crippen molar-refractivity contribution in [3.05, 3.63) is 29.8 Å². The molecule has 0 aliphatic carbocycles. The van der Waals surface area contributed by atoms with Gasteiger partial charge in [-0.15, -0.1) is 0 Å². The van der Waals surface area contributed by atoms with E-state index < -0.39 is 10.0 Å². The molecule has 0 aromatic heterocycles. The van der Waals surface area contributed by atoms with E-state index in [1.54, 1.807) is 22.5 Å². The second-order valence-corrected chi connectivity index (χ2v) is 7.13. The van der Waals surface area contributed by atoms with Crippen LogP contribution in [0.3, 0.4) is 0 Å². The zero-order valence-corrected chi connectivity index (χ0v) is 13.4. The molecule has 114 valence electrons. The van der Waals surface area contributed by atoms with Crippen molar-refractivity contribution in [1.29, 1.82) is 0 Å². The molecule has 0 fully saturated rings. The first kappa shape index (κ1) is 16.9. The summed E-state index contributed by atoms with van der Waals surface area (Å²) in [6.45, 7) is 3.75. The fraction of sp³-hybridized carbons (Fsp3) is 0.571. The smallest absolute Gasteiger partial charge is 0.218 e. The normalized spacial score (nSPS) is 12.2. The summed E-state index contributed by atoms with van der Waals surface area (Å²) in [7, 11) is 0.544. The number of rotatable bonds is 8. The van der Waals surface area contributed by atoms with Gasteiger partial charge in [0.05, 0.1) is 5.75 Å². The van der Waals surface area contributed by atoms with E-state index in [1.165, 1.54) is 0 Å². The summed E-state index contributed by atoms with van der Waals surface area (Å²) in [6.07, 6.45) is 0.803. The molecule has 0 amide bonds. The summed E-state index contributed by atoms with van der Waals surface area (Å²) in [5, 5.41) is 0. The third-order valence-electron chi connectivity index (χ3n) is 3.06. The second kappa shape index (κ2) is 7.61. The summed E-state index contributed by atoms with van der Waals surface area (Å²) >= 11 is 0. The highest BCUT2D eigenvalue weighted by atomic mass is 32.2. The summed E-state index contributed by atoms with van der Waals surface area (Å²) in [6, 6.07) is 7.12. The van der Waals surface area contributed by atoms with E-state index in [4.69, 9.17) is 5.73 Å². The van der Waals surface area contributed by atoms with Gasteiger partial charge in [-0.2, -0.15) is 0 Å². The Morgan fingerprint density at radius 3 is 2.30 bits per heavy atom. The van der Waals surface area contributed by atoms with Gasteiger partial charge in [0.1, 0.15) is 0 Å². The monoisotopic (exact) mass is 299 g/mol. The molecule has 0 aliphatic rings. The van der Waals surface area contributed by atoms with Gasteiger partial charge in [-0.05, 0) is 32.1 Å². The zero-order valence-electron chi connectivity index (χ0n) is 12.5. The van der Waals surface area contributed by atoms with Crippen LogP contribution in [0.5, 0.6) is 0 Å². The third-order valence-corrected chi connectivity index (χ3v) is 4.88. The van der Waals surface area contributed by atoms with Crippen LogP contribution in [-0.2, 0) is 15.8 Å². The summed E-state index contributed by atoms with van der Waals surface area (Å²) in [5.41, 5.74) is 7.03. The van der Waals surface area contributed by atoms with Gasteiger partial charge in [-0.3, -0.25) is 0 Å². The predicted octanol–water partition coefficient (Wildman–Crippen LogP) is 1.37. The third kappa shape index (κ3) is 5.11. The van der Waals surface area contributed by atoms with Crippen LogP contribution in [-0.4, -0.2) is 51.4 Å². The zero-order chi connectivity index (χ0) is 15.2. The first-order valence-electron chi connectivity index (χ1n) is 6.82. The van der Waals surface area contributed by atoms with Crippen molar-refractivity contribution >= 4 is 15.7 Å². The maximum atomic E-state index is 12.5. The molecule has 0 radical (unpaired) electrons. The maximum absolute atomic E-state index is 12.5. The first-order valence-corrected chi connectivity index (χ1v) is 8.43. The van der Waals surface area contributed by atoms with Crippen molar-refractivity contribution in [1.82, 2.24) is 9.21 Å². The van der Waals surface area contributed by atoms with Crippen molar-refractivity contribution < 1.29 is 8.42 Å². The molecular formula is C14H25N3O2S. The largest absolute Gasteiger partial charge is 0.398 e. The van der Waals surface area contributed by atoms with Crippen molar-refractivity contribution in [2.24, 2.45) is 0 Å². The van der Waals surface area contributed by atoms with Gasteiger partial charge in [0, 0.05) is 25.3 Å². The molecule has 2 N–H and O–H groups in total. The van der Waals surface area contributed by atoms with E-state index in [2.05, 4.69) is 0 Å². The Balaban J connectivity index is 2.85. The van der Waals surface area contributed by atoms with Gasteiger partial charge in [0.2, 0.25) is 10.0 Å². The van der Waals surface area contributed by atoms with Crippen molar-refractivity contribution in [2.45, 2.75) is 19.1 Å². The molecule has 6 heteroatoms. The molecule has 0 unspecified atom stereocenters. The molecule has 0 spiro atoms. The van der Waals surface area contributed by atoms with Crippen molar-refractivity contribution in [2.75, 3.05) is 39.5 Å². The molecule has 0 atom stereocenters. The lowest BCUT2D eigenvalue weighted by Gasteiger charge is -2.23. The Morgan fingerprint density at radius 2 is 1.75 bits per heavy atom. The molecule has 1 aromatic rings. The Morgan fingerprint density at radius 1 is 1.10 bits per heavy atom. The SMILES string of the molecule is CCCN(CCN(C)C)S(=O)(=O)Cc1ccccc1N. The number of sulfonamides is 1. The highest BCUT2D eigenvalue weighted by Crippen LogP contribution is 2.17. The topological polar surface area (TPSA) is 66.6 Å². The highest BCUT2D eigenvalue weighted by Gasteiger charge is 2.22. The van der Waals surface area contributed by atoms with Gasteiger partial charge < -0.3 is 10.6 Å². The first-order chi connectivity index (χ1) is 9.36. The fourth-order valence-electron chi connectivity index (χ4n) is 1.90. The minimum absolute atomic E-state index is 0.0346. The van der Waals surface area contributed by atoms with Crippen LogP contribution in [0.4, 0.5) is 5.69 Å². The fourth-order valence-corrected chi connectivity index (χ4v) is 3.56. The molecule has 1 rings (SSSR count). The standard InChI is InChI=1S/C14H25N3O2S/c1-4-9-17(11-10-16(2)3)20(18,19)12-13-7-5-6-8-14(13)15/h5-8H,4,9-12,15H2,1-3H3. The minimum atomic E-state index is -3.33. The van der Waals surface area contributed by atoms with E-state index in [0.29, 0.717) is 30.9 Å². The lowest BCUT2D eigenvalue weighted by atomic mass is 10.2. The second-order valence-electron chi connectivity index (χ2n) is 5.16. The number of nitrogens with two attached hydrogens (primary N) is 1. The van der Waals surface area contributed by atoms with E-state index in [1.807, 2.05) is 32.0 Å². The maximum Gasteiger partial charge on any atom is 0.218 e. The van der Waals surface area contributed by atoms with Gasteiger partial charge in [0.25, 0.3) is 0 Å². The minimum Gasteiger partial charge on any atom is -0.398 e. The Labute approximate surface area is 122 Å². The number of nitrogen functional groups attached to an aromatic ring is 1. The van der Waals surface area contributed by atoms with Crippen molar-refractivity contribution in [3.8, 4) is 0 Å². The number of likely N-dealkylation sites (N-methyl/N-ethyl adjacent to an activating group) is 1. The molecule has 0 heterocycles. The lowest BCUT2D eigenvalue weighted by Crippen LogP contribution is -2.38. The van der Waals surface area contributed by atoms with Crippen LogP contribution in [0.1, 0.15) is 18.9 Å². The van der Waals surface area contributed by atoms with Crippen molar-refractivity contribution in [3.63, 3.8) is 0 Å². The van der Waals surface area contributed by atoms with Crippen LogP contribution < -0.4 is 5.73 Å². The highest BCUT2D eigenvalue weighted by molar-refractivity contribution is 7.88. The van der Waals surface area contributed by atoms with Crippen LogP contribution in [0.25, 0.3) is 0 Å². The number of nitrogens with zero attached hydrogens (tertiary/aromatic N) is 2. The van der Waals surface area contributed by atoms with Gasteiger partial charge in [-0.25, -0.2) is 12.7 Å². The van der Waals surface area contributed by atoms with Gasteiger partial charge in [0.15, 0.2) is 0 Å². The average molecular weight is 299 g/mol. The van der Waals surface area contributed by atoms with Crippen LogP contribution in [0.2, 0.25) is 0 Å². The Bertz CT molecular complexity index is 515. The molecular weight excluding hydrogens is 274 g/mol. The number of anilines is 1. The van der Waals surface area contributed by atoms with Gasteiger partial charge >= 0.3 is 0 Å². The van der Waals surface area contributed by atoms with E-state index >= 15 is 0 Å².